The minimum atomic E-state index is -0.315. The number of benzene rings is 2. The number of nitrogens with zero attached hydrogens (tertiary/aromatic N) is 2. The van der Waals surface area contributed by atoms with Crippen molar-refractivity contribution in [2.75, 3.05) is 0 Å². The normalized spacial score (nSPS) is 11.6. The number of amides is 2. The molecule has 0 fully saturated rings. The molecule has 0 unspecified atom stereocenters. The van der Waals surface area contributed by atoms with Crippen molar-refractivity contribution in [2.24, 2.45) is 0 Å². The van der Waals surface area contributed by atoms with Crippen LogP contribution in [0.2, 0.25) is 0 Å². The van der Waals surface area contributed by atoms with E-state index in [1.54, 1.807) is 24.3 Å². The summed E-state index contributed by atoms with van der Waals surface area (Å²) in [4.78, 5) is 27.0. The van der Waals surface area contributed by atoms with Gasteiger partial charge in [-0.3, -0.25) is 14.5 Å². The van der Waals surface area contributed by atoms with Crippen LogP contribution in [0.15, 0.2) is 42.5 Å². The molecule has 2 heterocycles. The van der Waals surface area contributed by atoms with E-state index in [4.69, 9.17) is 6.42 Å². The van der Waals surface area contributed by atoms with E-state index in [1.165, 1.54) is 4.90 Å². The summed E-state index contributed by atoms with van der Waals surface area (Å²) in [6.45, 7) is 6.43. The molecule has 4 rings (SSSR count). The molecule has 2 aromatic carbocycles. The molecule has 0 N–H and O–H groups in total. The molecule has 0 atom stereocenters. The Morgan fingerprint density at radius 3 is 1.54 bits per heavy atom. The molecule has 0 spiro atoms. The van der Waals surface area contributed by atoms with Crippen molar-refractivity contribution >= 4 is 23.2 Å². The predicted molar refractivity (Wildman–Crippen MR) is 177 cm³/mol. The summed E-state index contributed by atoms with van der Waals surface area (Å²) < 4.78 is 1.91. The number of fused-ring (bicyclic) bond motifs is 2. The first-order valence-corrected chi connectivity index (χ1v) is 13.6. The highest BCUT2D eigenvalue weighted by Gasteiger charge is 2.43. The van der Waals surface area contributed by atoms with Crippen LogP contribution in [0.1, 0.15) is 52.6 Å². The van der Waals surface area contributed by atoms with E-state index < -0.39 is 0 Å². The highest BCUT2D eigenvalue weighted by Crippen LogP contribution is 2.40. The van der Waals surface area contributed by atoms with E-state index in [2.05, 4.69) is 138 Å². The van der Waals surface area contributed by atoms with E-state index in [1.807, 2.05) is 29.7 Å². The number of carbonyl (C=O) groups excluding carboxylic acids is 2. The van der Waals surface area contributed by atoms with Gasteiger partial charge in [0, 0.05) is 83.7 Å². The summed E-state index contributed by atoms with van der Waals surface area (Å²) in [6, 6.07) is 15.9. The molecule has 4 nitrogen and oxygen atoms in total. The van der Waals surface area contributed by atoms with Crippen molar-refractivity contribution < 1.29 is 14.2 Å². The minimum absolute atomic E-state index is 0.194. The number of rotatable bonds is 2. The lowest BCUT2D eigenvalue weighted by Crippen LogP contribution is -2.29. The van der Waals surface area contributed by atoms with Gasteiger partial charge in [-0.25, -0.2) is 0 Å². The smallest absolute Gasteiger partial charge is 0.261 e. The first-order chi connectivity index (χ1) is 22.4. The molecule has 2 aromatic rings. The average Bonchev–Trinajstić information content (AvgIpc) is 3.40. The lowest BCUT2D eigenvalue weighted by Gasteiger charge is -2.17. The van der Waals surface area contributed by atoms with E-state index in [0.29, 0.717) is 11.1 Å². The maximum atomic E-state index is 12.8. The zero-order valence-electron chi connectivity index (χ0n) is 25.0. The molecule has 2 aliphatic rings. The van der Waals surface area contributed by atoms with Gasteiger partial charge in [0.05, 0.1) is 29.0 Å². The molecule has 208 valence electrons. The van der Waals surface area contributed by atoms with E-state index in [-0.39, 0.29) is 23.8 Å². The lowest BCUT2D eigenvalue weighted by molar-refractivity contribution is -0.334. The Labute approximate surface area is 270 Å². The Balaban J connectivity index is 1.37. The third-order valence-corrected chi connectivity index (χ3v) is 6.80. The maximum absolute atomic E-state index is 12.8. The van der Waals surface area contributed by atoms with Crippen LogP contribution in [0.5, 0.6) is 0 Å². The molecule has 0 aromatic heterocycles. The largest absolute Gasteiger partial charge is 0.270 e. The maximum Gasteiger partial charge on any atom is 0.261 e. The summed E-state index contributed by atoms with van der Waals surface area (Å²) in [5.41, 5.74) is 4.44. The Morgan fingerprint density at radius 1 is 0.652 bits per heavy atom. The van der Waals surface area contributed by atoms with Crippen molar-refractivity contribution in [3.8, 4) is 131 Å². The number of hydrogen-bond acceptors (Lipinski definition) is 2. The highest BCUT2D eigenvalue weighted by molar-refractivity contribution is 6.21. The van der Waals surface area contributed by atoms with Crippen molar-refractivity contribution in [3.63, 3.8) is 0 Å². The van der Waals surface area contributed by atoms with Gasteiger partial charge in [0.15, 0.2) is 5.71 Å². The Morgan fingerprint density at radius 2 is 1.09 bits per heavy atom. The second-order valence-corrected chi connectivity index (χ2v) is 9.77. The number of imide groups is 1. The first-order valence-electron chi connectivity index (χ1n) is 13.6. The van der Waals surface area contributed by atoms with Gasteiger partial charge in [-0.15, -0.1) is 11.0 Å². The molecule has 0 saturated heterocycles. The van der Waals surface area contributed by atoms with Crippen molar-refractivity contribution in [2.45, 2.75) is 32.7 Å². The third kappa shape index (κ3) is 7.43. The molecule has 0 aliphatic carbocycles. The average molecular weight is 584 g/mol. The van der Waals surface area contributed by atoms with Crippen molar-refractivity contribution in [1.82, 2.24) is 4.90 Å². The van der Waals surface area contributed by atoms with Crippen LogP contribution in [0.25, 0.3) is 0 Å². The second-order valence-electron chi connectivity index (χ2n) is 9.77. The molecular weight excluding hydrogens is 564 g/mol. The molecule has 46 heavy (non-hydrogen) atoms. The van der Waals surface area contributed by atoms with Crippen molar-refractivity contribution in [3.05, 3.63) is 64.7 Å². The standard InChI is InChI=1S/C42H19N2O2/c1-5-6-7-8-9-10-11-12-13-14-15-16-17-18-19-20-21-22-23-26-31-43-34(2)42(3,4)38-32-35(29-30-39(38)43)33-44-40(45)36-27-24-25-28-37(36)41(44)46/h1,24-25,27-30,32H,33H2,2-4H3/q+1. The molecular formula is C42H19N2O2+. The van der Waals surface area contributed by atoms with Crippen LogP contribution in [-0.4, -0.2) is 27.0 Å². The number of hydrogen-bond donors (Lipinski definition) is 0. The van der Waals surface area contributed by atoms with Gasteiger partial charge < -0.3 is 0 Å². The highest BCUT2D eigenvalue weighted by atomic mass is 16.2. The first kappa shape index (κ1) is 31.3. The monoisotopic (exact) mass is 583 g/mol. The topological polar surface area (TPSA) is 40.4 Å². The molecule has 0 bridgehead atoms. The van der Waals surface area contributed by atoms with Crippen LogP contribution in [0.3, 0.4) is 0 Å². The van der Waals surface area contributed by atoms with Crippen LogP contribution in [0.4, 0.5) is 5.69 Å². The van der Waals surface area contributed by atoms with E-state index in [0.717, 1.165) is 22.5 Å². The summed E-state index contributed by atoms with van der Waals surface area (Å²) in [6.07, 6.45) is 4.96. The lowest BCUT2D eigenvalue weighted by atomic mass is 9.81. The number of terminal acetylenes is 1. The van der Waals surface area contributed by atoms with Gasteiger partial charge in [0.1, 0.15) is 0 Å². The van der Waals surface area contributed by atoms with Crippen LogP contribution < -0.4 is 0 Å². The van der Waals surface area contributed by atoms with Crippen LogP contribution in [-0.2, 0) is 12.0 Å². The third-order valence-electron chi connectivity index (χ3n) is 6.80. The van der Waals surface area contributed by atoms with Gasteiger partial charge in [-0.2, -0.15) is 0 Å². The van der Waals surface area contributed by atoms with Crippen LogP contribution >= 0.6 is 0 Å². The van der Waals surface area contributed by atoms with Gasteiger partial charge in [0.25, 0.3) is 11.8 Å². The summed E-state index contributed by atoms with van der Waals surface area (Å²) in [7, 11) is 0. The summed E-state index contributed by atoms with van der Waals surface area (Å²) in [5, 5.41) is 0. The zero-order chi connectivity index (χ0) is 32.8. The fraction of sp³-hybridized carbons (Fsp3) is 0.119. The SMILES string of the molecule is C#CC#CC#CC#CC#CC#CC#CC#CC#CC#CC#C[N+]1=C(C)C(C)(C)c2cc(CN3C(=O)c4ccccc4C3=O)ccc21. The zero-order valence-corrected chi connectivity index (χ0v) is 25.0. The van der Waals surface area contributed by atoms with Gasteiger partial charge in [-0.05, 0) is 85.0 Å². The van der Waals surface area contributed by atoms with Crippen molar-refractivity contribution in [1.29, 1.82) is 0 Å². The van der Waals surface area contributed by atoms with E-state index >= 15 is 0 Å². The molecule has 2 amide bonds. The molecule has 0 radical (unpaired) electrons. The quantitative estimate of drug-likeness (QED) is 0.309. The van der Waals surface area contributed by atoms with Gasteiger partial charge in [-0.1, -0.05) is 18.2 Å². The second kappa shape index (κ2) is 15.0. The number of carbonyl (C=O) groups is 2. The van der Waals surface area contributed by atoms with E-state index in [9.17, 15) is 9.59 Å². The molecule has 4 heteroatoms. The molecule has 0 saturated carbocycles. The summed E-state index contributed by atoms with van der Waals surface area (Å²) in [5.74, 6) is 50.0. The summed E-state index contributed by atoms with van der Waals surface area (Å²) >= 11 is 0. The molecule has 2 aliphatic heterocycles. The van der Waals surface area contributed by atoms with Gasteiger partial charge >= 0.3 is 0 Å². The van der Waals surface area contributed by atoms with Gasteiger partial charge in [0.2, 0.25) is 11.7 Å². The Hall–Kier alpha value is -7.59. The predicted octanol–water partition coefficient (Wildman–Crippen LogP) is 3.50. The Kier molecular flexibility index (Phi) is 10.3. The fourth-order valence-electron chi connectivity index (χ4n) is 4.39. The Bertz CT molecular complexity index is 2400. The fourth-order valence-corrected chi connectivity index (χ4v) is 4.39. The minimum Gasteiger partial charge on any atom is -0.270 e. The van der Waals surface area contributed by atoms with Crippen LogP contribution in [0, 0.1) is 131 Å².